The SMILES string of the molecule is C=C(C)C(=O)Oc1ccc(-c2cc(-c3ccccn3)nc(-c3ccccn3)c2)cc1. The largest absolute Gasteiger partial charge is 0.423 e. The maximum Gasteiger partial charge on any atom is 0.338 e. The first kappa shape index (κ1) is 19.2. The maximum absolute atomic E-state index is 11.7. The Bertz CT molecular complexity index is 1130. The molecule has 5 heteroatoms. The second-order valence-corrected chi connectivity index (χ2v) is 6.75. The standard InChI is InChI=1S/C25H19N3O2/c1-17(2)25(29)30-20-11-9-18(10-12-20)19-15-23(21-7-3-5-13-26-21)28-24(16-19)22-8-4-6-14-27-22/h3-16H,1H2,2H3. The van der Waals surface area contributed by atoms with Gasteiger partial charge in [-0.25, -0.2) is 9.78 Å². The third-order valence-electron chi connectivity index (χ3n) is 4.43. The molecule has 0 bridgehead atoms. The van der Waals surface area contributed by atoms with E-state index in [9.17, 15) is 4.79 Å². The number of carbonyl (C=O) groups excluding carboxylic acids is 1. The van der Waals surface area contributed by atoms with Crippen LogP contribution in [0.4, 0.5) is 0 Å². The zero-order chi connectivity index (χ0) is 20.9. The summed E-state index contributed by atoms with van der Waals surface area (Å²) in [6, 6.07) is 22.8. The van der Waals surface area contributed by atoms with Gasteiger partial charge in [-0.1, -0.05) is 30.8 Å². The molecule has 0 N–H and O–H groups in total. The van der Waals surface area contributed by atoms with Crippen molar-refractivity contribution in [3.63, 3.8) is 0 Å². The van der Waals surface area contributed by atoms with Crippen LogP contribution in [0, 0.1) is 0 Å². The predicted octanol–water partition coefficient (Wildman–Crippen LogP) is 5.35. The van der Waals surface area contributed by atoms with Crippen molar-refractivity contribution in [1.29, 1.82) is 0 Å². The number of rotatable bonds is 5. The summed E-state index contributed by atoms with van der Waals surface area (Å²) in [5.74, 6) is 0.0252. The van der Waals surface area contributed by atoms with Gasteiger partial charge in [0.2, 0.25) is 0 Å². The lowest BCUT2D eigenvalue weighted by atomic mass is 10.0. The lowest BCUT2D eigenvalue weighted by Crippen LogP contribution is -2.07. The third kappa shape index (κ3) is 4.31. The van der Waals surface area contributed by atoms with Crippen LogP contribution in [0.5, 0.6) is 5.75 Å². The molecular weight excluding hydrogens is 374 g/mol. The van der Waals surface area contributed by atoms with E-state index in [0.29, 0.717) is 11.3 Å². The summed E-state index contributed by atoms with van der Waals surface area (Å²) in [7, 11) is 0. The molecular formula is C25H19N3O2. The number of benzene rings is 1. The summed E-state index contributed by atoms with van der Waals surface area (Å²) in [6.45, 7) is 5.22. The van der Waals surface area contributed by atoms with Gasteiger partial charge in [0.05, 0.1) is 22.8 Å². The normalized spacial score (nSPS) is 10.4. The van der Waals surface area contributed by atoms with Crippen molar-refractivity contribution in [1.82, 2.24) is 15.0 Å². The van der Waals surface area contributed by atoms with Gasteiger partial charge in [-0.05, 0) is 66.6 Å². The van der Waals surface area contributed by atoms with E-state index in [4.69, 9.17) is 9.72 Å². The molecule has 4 aromatic rings. The fourth-order valence-electron chi connectivity index (χ4n) is 2.90. The van der Waals surface area contributed by atoms with Crippen molar-refractivity contribution in [3.05, 3.63) is 97.3 Å². The lowest BCUT2D eigenvalue weighted by Gasteiger charge is -2.10. The zero-order valence-electron chi connectivity index (χ0n) is 16.4. The van der Waals surface area contributed by atoms with Gasteiger partial charge in [-0.3, -0.25) is 9.97 Å². The minimum atomic E-state index is -0.443. The maximum atomic E-state index is 11.7. The van der Waals surface area contributed by atoms with Crippen molar-refractivity contribution in [2.24, 2.45) is 0 Å². The van der Waals surface area contributed by atoms with E-state index in [1.807, 2.05) is 60.7 Å². The van der Waals surface area contributed by atoms with Crippen LogP contribution in [0.2, 0.25) is 0 Å². The van der Waals surface area contributed by atoms with Gasteiger partial charge in [0.1, 0.15) is 5.75 Å². The first-order valence-corrected chi connectivity index (χ1v) is 9.43. The average molecular weight is 393 g/mol. The summed E-state index contributed by atoms with van der Waals surface area (Å²) >= 11 is 0. The molecule has 0 saturated heterocycles. The molecule has 0 radical (unpaired) electrons. The highest BCUT2D eigenvalue weighted by Gasteiger charge is 2.11. The molecule has 0 unspecified atom stereocenters. The minimum absolute atomic E-state index is 0.355. The van der Waals surface area contributed by atoms with Crippen LogP contribution in [-0.4, -0.2) is 20.9 Å². The Kier molecular flexibility index (Phi) is 5.44. The van der Waals surface area contributed by atoms with Crippen LogP contribution in [0.1, 0.15) is 6.92 Å². The van der Waals surface area contributed by atoms with Crippen molar-refractivity contribution in [2.75, 3.05) is 0 Å². The number of aromatic nitrogens is 3. The van der Waals surface area contributed by atoms with E-state index in [-0.39, 0.29) is 0 Å². The Morgan fingerprint density at radius 1 is 0.767 bits per heavy atom. The van der Waals surface area contributed by atoms with Crippen LogP contribution in [0.3, 0.4) is 0 Å². The molecule has 0 spiro atoms. The van der Waals surface area contributed by atoms with Crippen LogP contribution in [0.15, 0.2) is 97.3 Å². The van der Waals surface area contributed by atoms with E-state index >= 15 is 0 Å². The summed E-state index contributed by atoms with van der Waals surface area (Å²) in [5.41, 5.74) is 5.35. The van der Waals surface area contributed by atoms with E-state index in [1.54, 1.807) is 31.5 Å². The van der Waals surface area contributed by atoms with Gasteiger partial charge in [-0.2, -0.15) is 0 Å². The van der Waals surface area contributed by atoms with E-state index in [0.717, 1.165) is 33.9 Å². The fraction of sp³-hybridized carbons (Fsp3) is 0.0400. The van der Waals surface area contributed by atoms with Crippen LogP contribution < -0.4 is 4.74 Å². The van der Waals surface area contributed by atoms with E-state index < -0.39 is 5.97 Å². The van der Waals surface area contributed by atoms with Crippen LogP contribution in [-0.2, 0) is 4.79 Å². The molecule has 4 rings (SSSR count). The Morgan fingerprint density at radius 3 is 1.80 bits per heavy atom. The number of ether oxygens (including phenoxy) is 1. The minimum Gasteiger partial charge on any atom is -0.423 e. The first-order valence-electron chi connectivity index (χ1n) is 9.43. The van der Waals surface area contributed by atoms with Gasteiger partial charge in [0.25, 0.3) is 0 Å². The molecule has 3 heterocycles. The molecule has 5 nitrogen and oxygen atoms in total. The van der Waals surface area contributed by atoms with Gasteiger partial charge in [-0.15, -0.1) is 0 Å². The average Bonchev–Trinajstić information content (AvgIpc) is 2.80. The van der Waals surface area contributed by atoms with Crippen molar-refractivity contribution >= 4 is 5.97 Å². The Hall–Kier alpha value is -4.12. The molecule has 0 aliphatic carbocycles. The Labute approximate surface area is 174 Å². The number of pyridine rings is 3. The molecule has 0 aliphatic rings. The Balaban J connectivity index is 1.75. The number of nitrogens with zero attached hydrogens (tertiary/aromatic N) is 3. The molecule has 0 amide bonds. The second-order valence-electron chi connectivity index (χ2n) is 6.75. The Morgan fingerprint density at radius 2 is 1.33 bits per heavy atom. The molecule has 1 aromatic carbocycles. The monoisotopic (exact) mass is 393 g/mol. The van der Waals surface area contributed by atoms with Crippen molar-refractivity contribution in [2.45, 2.75) is 6.92 Å². The van der Waals surface area contributed by atoms with Gasteiger partial charge in [0.15, 0.2) is 0 Å². The molecule has 0 atom stereocenters. The molecule has 0 aliphatic heterocycles. The van der Waals surface area contributed by atoms with Gasteiger partial charge >= 0.3 is 5.97 Å². The van der Waals surface area contributed by atoms with E-state index in [2.05, 4.69) is 16.5 Å². The summed E-state index contributed by atoms with van der Waals surface area (Å²) in [6.07, 6.45) is 3.49. The topological polar surface area (TPSA) is 65.0 Å². The smallest absolute Gasteiger partial charge is 0.338 e. The quantitative estimate of drug-likeness (QED) is 0.260. The molecule has 30 heavy (non-hydrogen) atoms. The molecule has 0 fully saturated rings. The van der Waals surface area contributed by atoms with Crippen molar-refractivity contribution in [3.8, 4) is 39.7 Å². The van der Waals surface area contributed by atoms with Crippen LogP contribution >= 0.6 is 0 Å². The highest BCUT2D eigenvalue weighted by Crippen LogP contribution is 2.30. The number of carbonyl (C=O) groups is 1. The zero-order valence-corrected chi connectivity index (χ0v) is 16.4. The first-order chi connectivity index (χ1) is 14.6. The highest BCUT2D eigenvalue weighted by atomic mass is 16.5. The second kappa shape index (κ2) is 8.49. The molecule has 146 valence electrons. The van der Waals surface area contributed by atoms with Crippen LogP contribution in [0.25, 0.3) is 33.9 Å². The number of esters is 1. The van der Waals surface area contributed by atoms with Gasteiger partial charge < -0.3 is 4.74 Å². The van der Waals surface area contributed by atoms with Gasteiger partial charge in [0, 0.05) is 18.0 Å². The fourth-order valence-corrected chi connectivity index (χ4v) is 2.90. The lowest BCUT2D eigenvalue weighted by molar-refractivity contribution is -0.130. The summed E-state index contributed by atoms with van der Waals surface area (Å²) < 4.78 is 5.28. The van der Waals surface area contributed by atoms with E-state index in [1.165, 1.54) is 0 Å². The number of hydrogen-bond donors (Lipinski definition) is 0. The highest BCUT2D eigenvalue weighted by molar-refractivity contribution is 5.88. The summed E-state index contributed by atoms with van der Waals surface area (Å²) in [4.78, 5) is 25.4. The summed E-state index contributed by atoms with van der Waals surface area (Å²) in [5, 5.41) is 0. The van der Waals surface area contributed by atoms with Crippen molar-refractivity contribution < 1.29 is 9.53 Å². The molecule has 3 aromatic heterocycles. The number of hydrogen-bond acceptors (Lipinski definition) is 5. The third-order valence-corrected chi connectivity index (χ3v) is 4.43. The molecule has 0 saturated carbocycles. The predicted molar refractivity (Wildman–Crippen MR) is 117 cm³/mol.